The molecule has 5 nitrogen and oxygen atoms in total. The van der Waals surface area contributed by atoms with Crippen LogP contribution in [0, 0.1) is 6.92 Å². The largest absolute Gasteiger partial charge is 0.339 e. The van der Waals surface area contributed by atoms with Crippen molar-refractivity contribution >= 4 is 17.5 Å². The van der Waals surface area contributed by atoms with Gasteiger partial charge in [0.25, 0.3) is 0 Å². The molecule has 0 aliphatic carbocycles. The van der Waals surface area contributed by atoms with Gasteiger partial charge in [0.15, 0.2) is 0 Å². The second-order valence-electron chi connectivity index (χ2n) is 6.35. The summed E-state index contributed by atoms with van der Waals surface area (Å²) in [6.07, 6.45) is 0.756. The SMILES string of the molecule is CCN(Cc1ccccc1C)C(=O)CCc1nc(-c2ccc(Cl)cc2)no1. The first kappa shape index (κ1) is 19.1. The van der Waals surface area contributed by atoms with Crippen LogP contribution in [0.4, 0.5) is 0 Å². The molecule has 0 atom stereocenters. The number of carbonyl (C=O) groups excluding carboxylic acids is 1. The number of aromatic nitrogens is 2. The van der Waals surface area contributed by atoms with Crippen LogP contribution in [0.15, 0.2) is 53.1 Å². The lowest BCUT2D eigenvalue weighted by Crippen LogP contribution is -2.30. The summed E-state index contributed by atoms with van der Waals surface area (Å²) in [6.45, 7) is 5.32. The van der Waals surface area contributed by atoms with Gasteiger partial charge in [-0.25, -0.2) is 0 Å². The Morgan fingerprint density at radius 1 is 1.15 bits per heavy atom. The molecule has 0 aliphatic rings. The van der Waals surface area contributed by atoms with Crippen LogP contribution in [-0.2, 0) is 17.8 Å². The Kier molecular flexibility index (Phi) is 6.24. The zero-order chi connectivity index (χ0) is 19.2. The maximum absolute atomic E-state index is 12.6. The van der Waals surface area contributed by atoms with Crippen LogP contribution < -0.4 is 0 Å². The Hall–Kier alpha value is -2.66. The van der Waals surface area contributed by atoms with Gasteiger partial charge in [0.1, 0.15) is 0 Å². The summed E-state index contributed by atoms with van der Waals surface area (Å²) >= 11 is 5.89. The maximum atomic E-state index is 12.6. The minimum Gasteiger partial charge on any atom is -0.339 e. The Labute approximate surface area is 164 Å². The monoisotopic (exact) mass is 383 g/mol. The highest BCUT2D eigenvalue weighted by atomic mass is 35.5. The number of nitrogens with zero attached hydrogens (tertiary/aromatic N) is 3. The summed E-state index contributed by atoms with van der Waals surface area (Å²) in [7, 11) is 0. The lowest BCUT2D eigenvalue weighted by atomic mass is 10.1. The fourth-order valence-electron chi connectivity index (χ4n) is 2.81. The predicted molar refractivity (Wildman–Crippen MR) is 105 cm³/mol. The minimum absolute atomic E-state index is 0.0759. The lowest BCUT2D eigenvalue weighted by molar-refractivity contribution is -0.131. The molecular weight excluding hydrogens is 362 g/mol. The summed E-state index contributed by atoms with van der Waals surface area (Å²) in [6, 6.07) is 15.3. The zero-order valence-corrected chi connectivity index (χ0v) is 16.2. The minimum atomic E-state index is 0.0759. The third kappa shape index (κ3) is 4.95. The van der Waals surface area contributed by atoms with E-state index in [1.54, 1.807) is 12.1 Å². The van der Waals surface area contributed by atoms with Crippen molar-refractivity contribution < 1.29 is 9.32 Å². The van der Waals surface area contributed by atoms with E-state index in [1.165, 1.54) is 5.56 Å². The van der Waals surface area contributed by atoms with E-state index in [1.807, 2.05) is 36.1 Å². The molecule has 0 N–H and O–H groups in total. The van der Waals surface area contributed by atoms with Gasteiger partial charge in [-0.05, 0) is 49.2 Å². The van der Waals surface area contributed by atoms with Crippen LogP contribution in [0.5, 0.6) is 0 Å². The molecule has 1 aromatic heterocycles. The van der Waals surface area contributed by atoms with Gasteiger partial charge in [-0.2, -0.15) is 4.98 Å². The van der Waals surface area contributed by atoms with Gasteiger partial charge in [-0.3, -0.25) is 4.79 Å². The van der Waals surface area contributed by atoms with Crippen molar-refractivity contribution in [3.05, 3.63) is 70.6 Å². The number of hydrogen-bond donors (Lipinski definition) is 0. The second-order valence-corrected chi connectivity index (χ2v) is 6.79. The van der Waals surface area contributed by atoms with Crippen molar-refractivity contribution in [1.82, 2.24) is 15.0 Å². The Bertz CT molecular complexity index is 906. The van der Waals surface area contributed by atoms with Crippen molar-refractivity contribution in [2.75, 3.05) is 6.54 Å². The van der Waals surface area contributed by atoms with Gasteiger partial charge < -0.3 is 9.42 Å². The van der Waals surface area contributed by atoms with E-state index in [0.29, 0.717) is 42.7 Å². The number of halogens is 1. The number of carbonyl (C=O) groups is 1. The van der Waals surface area contributed by atoms with Crippen LogP contribution in [0.2, 0.25) is 5.02 Å². The van der Waals surface area contributed by atoms with Crippen LogP contribution >= 0.6 is 11.6 Å². The van der Waals surface area contributed by atoms with E-state index in [2.05, 4.69) is 29.2 Å². The van der Waals surface area contributed by atoms with E-state index < -0.39 is 0 Å². The Morgan fingerprint density at radius 2 is 1.89 bits per heavy atom. The molecule has 1 heterocycles. The lowest BCUT2D eigenvalue weighted by Gasteiger charge is -2.21. The molecule has 0 saturated heterocycles. The molecule has 2 aromatic carbocycles. The van der Waals surface area contributed by atoms with Crippen molar-refractivity contribution in [3.8, 4) is 11.4 Å². The van der Waals surface area contributed by atoms with Crippen molar-refractivity contribution in [2.45, 2.75) is 33.2 Å². The third-order valence-electron chi connectivity index (χ3n) is 4.48. The predicted octanol–water partition coefficient (Wildman–Crippen LogP) is 4.68. The Balaban J connectivity index is 1.59. The van der Waals surface area contributed by atoms with Crippen molar-refractivity contribution in [1.29, 1.82) is 0 Å². The molecule has 0 aliphatic heterocycles. The van der Waals surface area contributed by atoms with E-state index in [4.69, 9.17) is 16.1 Å². The maximum Gasteiger partial charge on any atom is 0.227 e. The van der Waals surface area contributed by atoms with Crippen LogP contribution in [0.25, 0.3) is 11.4 Å². The highest BCUT2D eigenvalue weighted by Crippen LogP contribution is 2.19. The average molecular weight is 384 g/mol. The second kappa shape index (κ2) is 8.82. The first-order valence-electron chi connectivity index (χ1n) is 8.97. The molecule has 6 heteroatoms. The summed E-state index contributed by atoms with van der Waals surface area (Å²) < 4.78 is 5.29. The van der Waals surface area contributed by atoms with Crippen LogP contribution in [0.3, 0.4) is 0 Å². The smallest absolute Gasteiger partial charge is 0.227 e. The fourth-order valence-corrected chi connectivity index (χ4v) is 2.94. The van der Waals surface area contributed by atoms with Gasteiger partial charge in [-0.1, -0.05) is 41.0 Å². The molecule has 140 valence electrons. The van der Waals surface area contributed by atoms with E-state index in [0.717, 1.165) is 11.1 Å². The molecule has 0 fully saturated rings. The first-order chi connectivity index (χ1) is 13.1. The van der Waals surface area contributed by atoms with Gasteiger partial charge in [0.05, 0.1) is 0 Å². The molecule has 0 bridgehead atoms. The first-order valence-corrected chi connectivity index (χ1v) is 9.35. The average Bonchev–Trinajstić information content (AvgIpc) is 3.15. The molecule has 0 radical (unpaired) electrons. The standard InChI is InChI=1S/C21H22ClN3O2/c1-3-25(14-17-7-5-4-6-15(17)2)20(26)13-12-19-23-21(24-27-19)16-8-10-18(22)11-9-16/h4-11H,3,12-14H2,1-2H3. The molecule has 27 heavy (non-hydrogen) atoms. The van der Waals surface area contributed by atoms with E-state index in [-0.39, 0.29) is 5.91 Å². The fraction of sp³-hybridized carbons (Fsp3) is 0.286. The summed E-state index contributed by atoms with van der Waals surface area (Å²) in [4.78, 5) is 18.8. The summed E-state index contributed by atoms with van der Waals surface area (Å²) in [5, 5.41) is 4.64. The number of amides is 1. The summed E-state index contributed by atoms with van der Waals surface area (Å²) in [5.41, 5.74) is 3.18. The van der Waals surface area contributed by atoms with Crippen molar-refractivity contribution in [3.63, 3.8) is 0 Å². The quantitative estimate of drug-likeness (QED) is 0.594. The van der Waals surface area contributed by atoms with Crippen LogP contribution in [0.1, 0.15) is 30.4 Å². The molecule has 3 aromatic rings. The molecule has 0 saturated carbocycles. The molecule has 0 spiro atoms. The molecule has 3 rings (SSSR count). The number of benzene rings is 2. The van der Waals surface area contributed by atoms with E-state index in [9.17, 15) is 4.79 Å². The number of hydrogen-bond acceptors (Lipinski definition) is 4. The van der Waals surface area contributed by atoms with Gasteiger partial charge in [0.2, 0.25) is 17.6 Å². The normalized spacial score (nSPS) is 10.8. The number of aryl methyl sites for hydroxylation is 2. The third-order valence-corrected chi connectivity index (χ3v) is 4.73. The highest BCUT2D eigenvalue weighted by Gasteiger charge is 2.16. The topological polar surface area (TPSA) is 59.2 Å². The van der Waals surface area contributed by atoms with Crippen LogP contribution in [-0.4, -0.2) is 27.5 Å². The van der Waals surface area contributed by atoms with Crippen molar-refractivity contribution in [2.24, 2.45) is 0 Å². The van der Waals surface area contributed by atoms with Gasteiger partial charge in [-0.15, -0.1) is 0 Å². The molecule has 1 amide bonds. The number of rotatable bonds is 7. The van der Waals surface area contributed by atoms with E-state index >= 15 is 0 Å². The van der Waals surface area contributed by atoms with Gasteiger partial charge in [0, 0.05) is 36.5 Å². The Morgan fingerprint density at radius 3 is 2.59 bits per heavy atom. The highest BCUT2D eigenvalue weighted by molar-refractivity contribution is 6.30. The molecular formula is C21H22ClN3O2. The zero-order valence-electron chi connectivity index (χ0n) is 15.5. The molecule has 0 unspecified atom stereocenters. The van der Waals surface area contributed by atoms with Gasteiger partial charge >= 0.3 is 0 Å². The summed E-state index contributed by atoms with van der Waals surface area (Å²) in [5.74, 6) is 1.04.